The van der Waals surface area contributed by atoms with Crippen molar-refractivity contribution in [3.8, 4) is 0 Å². The summed E-state index contributed by atoms with van der Waals surface area (Å²) >= 11 is 0. The maximum absolute atomic E-state index is 13.7. The van der Waals surface area contributed by atoms with E-state index in [2.05, 4.69) is 10.6 Å². The van der Waals surface area contributed by atoms with Crippen LogP contribution in [0.3, 0.4) is 0 Å². The Bertz CT molecular complexity index is 1050. The minimum absolute atomic E-state index is 0.111. The van der Waals surface area contributed by atoms with Gasteiger partial charge in [-0.1, -0.05) is 13.8 Å². The SMILES string of the molecule is CCN(CC)C(O)CNC(=O)c1c(C)c(C=C2C(=O)Nc3ccc(F)cc32)n(C)c1C. The molecule has 1 unspecified atom stereocenters. The summed E-state index contributed by atoms with van der Waals surface area (Å²) in [7, 11) is 1.82. The van der Waals surface area contributed by atoms with Crippen LogP contribution < -0.4 is 10.6 Å². The van der Waals surface area contributed by atoms with E-state index in [0.717, 1.165) is 5.69 Å². The maximum atomic E-state index is 13.7. The molecular weight excluding hydrogens is 399 g/mol. The molecule has 2 amide bonds. The molecule has 7 nitrogen and oxygen atoms in total. The minimum atomic E-state index is -0.765. The number of nitrogens with zero attached hydrogens (tertiary/aromatic N) is 2. The summed E-state index contributed by atoms with van der Waals surface area (Å²) in [5.41, 5.74) is 4.04. The van der Waals surface area contributed by atoms with E-state index in [-0.39, 0.29) is 18.4 Å². The number of nitrogens with one attached hydrogen (secondary N) is 2. The fraction of sp³-hybridized carbons (Fsp3) is 0.391. The van der Waals surface area contributed by atoms with Crippen molar-refractivity contribution in [3.05, 3.63) is 52.1 Å². The predicted molar refractivity (Wildman–Crippen MR) is 119 cm³/mol. The van der Waals surface area contributed by atoms with E-state index in [4.69, 9.17) is 0 Å². The summed E-state index contributed by atoms with van der Waals surface area (Å²) in [6.45, 7) is 9.00. The second-order valence-corrected chi connectivity index (χ2v) is 7.64. The normalized spacial score (nSPS) is 15.4. The standard InChI is InChI=1S/C23H29FN4O3/c1-6-28(7-2)20(29)12-25-23(31)21-13(3)19(27(5)14(21)4)11-17-16-10-15(24)8-9-18(16)26-22(17)30/h8-11,20,29H,6-7,12H2,1-5H3,(H,25,31)(H,26,30). The van der Waals surface area contributed by atoms with Crippen molar-refractivity contribution in [2.24, 2.45) is 7.05 Å². The van der Waals surface area contributed by atoms with Gasteiger partial charge >= 0.3 is 0 Å². The molecule has 0 saturated heterocycles. The molecule has 1 atom stereocenters. The summed E-state index contributed by atoms with van der Waals surface area (Å²) in [6, 6.07) is 4.16. The molecule has 2 aromatic rings. The van der Waals surface area contributed by atoms with E-state index in [1.54, 1.807) is 6.08 Å². The lowest BCUT2D eigenvalue weighted by atomic mass is 10.0. The second kappa shape index (κ2) is 9.03. The van der Waals surface area contributed by atoms with Gasteiger partial charge in [0.05, 0.1) is 17.7 Å². The predicted octanol–water partition coefficient (Wildman–Crippen LogP) is 2.66. The number of aromatic nitrogens is 1. The van der Waals surface area contributed by atoms with Crippen LogP contribution in [0.2, 0.25) is 0 Å². The van der Waals surface area contributed by atoms with Crippen molar-refractivity contribution < 1.29 is 19.1 Å². The average molecular weight is 429 g/mol. The molecule has 0 radical (unpaired) electrons. The zero-order valence-corrected chi connectivity index (χ0v) is 18.5. The molecule has 0 saturated carbocycles. The Morgan fingerprint density at radius 3 is 2.65 bits per heavy atom. The molecule has 3 N–H and O–H groups in total. The summed E-state index contributed by atoms with van der Waals surface area (Å²) in [5, 5.41) is 15.8. The van der Waals surface area contributed by atoms with Gasteiger partial charge in [0.15, 0.2) is 0 Å². The smallest absolute Gasteiger partial charge is 0.256 e. The summed E-state index contributed by atoms with van der Waals surface area (Å²) in [4.78, 5) is 27.2. The Morgan fingerprint density at radius 2 is 2.00 bits per heavy atom. The van der Waals surface area contributed by atoms with E-state index >= 15 is 0 Å². The average Bonchev–Trinajstić information content (AvgIpc) is 3.15. The molecule has 1 aliphatic rings. The van der Waals surface area contributed by atoms with Crippen LogP contribution in [0.15, 0.2) is 18.2 Å². The van der Waals surface area contributed by atoms with Crippen molar-refractivity contribution >= 4 is 29.2 Å². The Kier molecular flexibility index (Phi) is 6.62. The highest BCUT2D eigenvalue weighted by Crippen LogP contribution is 2.35. The lowest BCUT2D eigenvalue weighted by Crippen LogP contribution is -2.43. The molecule has 166 valence electrons. The molecule has 1 aliphatic heterocycles. The molecule has 0 spiro atoms. The summed E-state index contributed by atoms with van der Waals surface area (Å²) < 4.78 is 15.6. The number of likely N-dealkylation sites (N-methyl/N-ethyl adjacent to an activating group) is 1. The van der Waals surface area contributed by atoms with Crippen LogP contribution in [-0.2, 0) is 11.8 Å². The van der Waals surface area contributed by atoms with Crippen molar-refractivity contribution in [2.75, 3.05) is 25.0 Å². The van der Waals surface area contributed by atoms with E-state index in [1.165, 1.54) is 18.2 Å². The first-order chi connectivity index (χ1) is 14.7. The van der Waals surface area contributed by atoms with Gasteiger partial charge in [-0.25, -0.2) is 4.39 Å². The molecule has 1 aromatic heterocycles. The third-order valence-corrected chi connectivity index (χ3v) is 5.94. The van der Waals surface area contributed by atoms with Gasteiger partial charge in [-0.05, 0) is 56.8 Å². The van der Waals surface area contributed by atoms with Gasteiger partial charge in [0.1, 0.15) is 12.0 Å². The van der Waals surface area contributed by atoms with Crippen molar-refractivity contribution in [1.29, 1.82) is 0 Å². The maximum Gasteiger partial charge on any atom is 0.256 e. The van der Waals surface area contributed by atoms with E-state index in [0.29, 0.717) is 46.7 Å². The lowest BCUT2D eigenvalue weighted by molar-refractivity contribution is -0.110. The molecule has 1 aromatic carbocycles. The first kappa shape index (κ1) is 22.7. The highest BCUT2D eigenvalue weighted by molar-refractivity contribution is 6.35. The van der Waals surface area contributed by atoms with Gasteiger partial charge in [-0.15, -0.1) is 0 Å². The van der Waals surface area contributed by atoms with E-state index < -0.39 is 12.0 Å². The van der Waals surface area contributed by atoms with Crippen LogP contribution in [0.5, 0.6) is 0 Å². The zero-order chi connectivity index (χ0) is 22.9. The molecular formula is C23H29FN4O3. The van der Waals surface area contributed by atoms with Crippen LogP contribution >= 0.6 is 0 Å². The van der Waals surface area contributed by atoms with Crippen LogP contribution in [0, 0.1) is 19.7 Å². The highest BCUT2D eigenvalue weighted by Gasteiger charge is 2.27. The molecule has 3 rings (SSSR count). The fourth-order valence-corrected chi connectivity index (χ4v) is 4.03. The molecule has 31 heavy (non-hydrogen) atoms. The second-order valence-electron chi connectivity index (χ2n) is 7.64. The van der Waals surface area contributed by atoms with Gasteiger partial charge in [0, 0.05) is 29.7 Å². The Balaban J connectivity index is 1.92. The first-order valence-electron chi connectivity index (χ1n) is 10.4. The van der Waals surface area contributed by atoms with Crippen LogP contribution in [-0.4, -0.2) is 52.3 Å². The van der Waals surface area contributed by atoms with Gasteiger partial charge < -0.3 is 20.3 Å². The van der Waals surface area contributed by atoms with Gasteiger partial charge in [0.2, 0.25) is 0 Å². The number of aliphatic hydroxyl groups excluding tert-OH is 1. The highest BCUT2D eigenvalue weighted by atomic mass is 19.1. The summed E-state index contributed by atoms with van der Waals surface area (Å²) in [5.74, 6) is -1.02. The van der Waals surface area contributed by atoms with E-state index in [1.807, 2.05) is 44.2 Å². The minimum Gasteiger partial charge on any atom is -0.377 e. The number of carbonyl (C=O) groups is 2. The quantitative estimate of drug-likeness (QED) is 0.468. The summed E-state index contributed by atoms with van der Waals surface area (Å²) in [6.07, 6.45) is 0.920. The van der Waals surface area contributed by atoms with Crippen LogP contribution in [0.1, 0.15) is 46.7 Å². The monoisotopic (exact) mass is 428 g/mol. The Morgan fingerprint density at radius 1 is 1.32 bits per heavy atom. The van der Waals surface area contributed by atoms with Crippen molar-refractivity contribution in [3.63, 3.8) is 0 Å². The van der Waals surface area contributed by atoms with Gasteiger partial charge in [-0.2, -0.15) is 0 Å². The van der Waals surface area contributed by atoms with Crippen LogP contribution in [0.25, 0.3) is 11.6 Å². The molecule has 0 aliphatic carbocycles. The lowest BCUT2D eigenvalue weighted by Gasteiger charge is -2.25. The number of carbonyl (C=O) groups excluding carboxylic acids is 2. The third-order valence-electron chi connectivity index (χ3n) is 5.94. The number of fused-ring (bicyclic) bond motifs is 1. The molecule has 0 bridgehead atoms. The molecule has 8 heteroatoms. The Hall–Kier alpha value is -2.97. The fourth-order valence-electron chi connectivity index (χ4n) is 4.03. The van der Waals surface area contributed by atoms with Crippen molar-refractivity contribution in [1.82, 2.24) is 14.8 Å². The number of halogens is 1. The number of aliphatic hydroxyl groups is 1. The number of anilines is 1. The van der Waals surface area contributed by atoms with Gasteiger partial charge in [0.25, 0.3) is 11.8 Å². The number of hydrogen-bond acceptors (Lipinski definition) is 4. The van der Waals surface area contributed by atoms with E-state index in [9.17, 15) is 19.1 Å². The molecule has 0 fully saturated rings. The number of amides is 2. The number of benzene rings is 1. The zero-order valence-electron chi connectivity index (χ0n) is 18.5. The Labute approximate surface area is 181 Å². The molecule has 2 heterocycles. The van der Waals surface area contributed by atoms with Gasteiger partial charge in [-0.3, -0.25) is 14.5 Å². The third kappa shape index (κ3) is 4.26. The first-order valence-corrected chi connectivity index (χ1v) is 10.4. The number of rotatable bonds is 7. The van der Waals surface area contributed by atoms with Crippen LogP contribution in [0.4, 0.5) is 10.1 Å². The van der Waals surface area contributed by atoms with Crippen molar-refractivity contribution in [2.45, 2.75) is 33.9 Å². The largest absolute Gasteiger partial charge is 0.377 e. The topological polar surface area (TPSA) is 86.6 Å². The number of hydrogen-bond donors (Lipinski definition) is 3.